The van der Waals surface area contributed by atoms with Gasteiger partial charge in [0.05, 0.1) is 17.9 Å². The number of hydrogen-bond donors (Lipinski definition) is 0. The number of rotatable bonds is 5. The van der Waals surface area contributed by atoms with E-state index in [9.17, 15) is 8.42 Å². The van der Waals surface area contributed by atoms with Gasteiger partial charge in [0.1, 0.15) is 5.75 Å². The van der Waals surface area contributed by atoms with Crippen LogP contribution in [0.5, 0.6) is 5.75 Å². The molecule has 0 aliphatic rings. The molecule has 0 bridgehead atoms. The molecule has 0 amide bonds. The van der Waals surface area contributed by atoms with E-state index in [0.29, 0.717) is 11.4 Å². The van der Waals surface area contributed by atoms with Gasteiger partial charge in [-0.05, 0) is 36.2 Å². The summed E-state index contributed by atoms with van der Waals surface area (Å²) in [6.07, 6.45) is 1.76. The lowest BCUT2D eigenvalue weighted by Crippen LogP contribution is -2.10. The summed E-state index contributed by atoms with van der Waals surface area (Å²) in [6.45, 7) is 0. The van der Waals surface area contributed by atoms with Gasteiger partial charge >= 0.3 is 0 Å². The minimum absolute atomic E-state index is 0.00790. The monoisotopic (exact) mass is 311 g/mol. The van der Waals surface area contributed by atoms with E-state index >= 15 is 0 Å². The summed E-state index contributed by atoms with van der Waals surface area (Å²) in [5, 5.41) is 0.467. The zero-order valence-electron chi connectivity index (χ0n) is 10.9. The molecule has 0 spiro atoms. The van der Waals surface area contributed by atoms with Crippen LogP contribution in [0.25, 0.3) is 0 Å². The lowest BCUT2D eigenvalue weighted by atomic mass is 10.2. The van der Waals surface area contributed by atoms with Crippen LogP contribution in [0, 0.1) is 0 Å². The van der Waals surface area contributed by atoms with Crippen LogP contribution >= 0.6 is 11.6 Å². The van der Waals surface area contributed by atoms with Gasteiger partial charge in [0.25, 0.3) is 0 Å². The number of nitrogens with zero attached hydrogens (tertiary/aromatic N) is 1. The van der Waals surface area contributed by atoms with Gasteiger partial charge in [0, 0.05) is 6.20 Å². The third-order valence-electron chi connectivity index (χ3n) is 2.84. The molecule has 106 valence electrons. The highest BCUT2D eigenvalue weighted by molar-refractivity contribution is 7.91. The maximum absolute atomic E-state index is 12.1. The number of methoxy groups -OCH3 is 1. The summed E-state index contributed by atoms with van der Waals surface area (Å²) in [5.41, 5.74) is 0.934. The number of pyridine rings is 1. The highest BCUT2D eigenvalue weighted by Crippen LogP contribution is 2.15. The number of halogens is 1. The summed E-state index contributed by atoms with van der Waals surface area (Å²) < 4.78 is 29.3. The Hall–Kier alpha value is -1.59. The molecule has 0 unspecified atom stereocenters. The molecule has 1 heterocycles. The summed E-state index contributed by atoms with van der Waals surface area (Å²) in [7, 11) is -1.80. The molecule has 0 radical (unpaired) electrons. The maximum Gasteiger partial charge on any atom is 0.195 e. The largest absolute Gasteiger partial charge is 0.497 e. The highest BCUT2D eigenvalue weighted by atomic mass is 35.5. The van der Waals surface area contributed by atoms with Gasteiger partial charge < -0.3 is 4.74 Å². The van der Waals surface area contributed by atoms with Gasteiger partial charge in [-0.25, -0.2) is 13.4 Å². The fourth-order valence-corrected chi connectivity index (χ4v) is 3.01. The molecule has 6 heteroatoms. The van der Waals surface area contributed by atoms with Gasteiger partial charge in [-0.15, -0.1) is 0 Å². The molecule has 4 nitrogen and oxygen atoms in total. The lowest BCUT2D eigenvalue weighted by Gasteiger charge is -2.05. The number of benzene rings is 1. The van der Waals surface area contributed by atoms with Crippen molar-refractivity contribution in [1.82, 2.24) is 4.98 Å². The Morgan fingerprint density at radius 3 is 2.40 bits per heavy atom. The van der Waals surface area contributed by atoms with Crippen molar-refractivity contribution < 1.29 is 13.2 Å². The van der Waals surface area contributed by atoms with E-state index in [0.717, 1.165) is 11.3 Å². The molecular weight excluding hydrogens is 298 g/mol. The third kappa shape index (κ3) is 3.71. The fourth-order valence-electron chi connectivity index (χ4n) is 1.70. The molecule has 1 aromatic heterocycles. The van der Waals surface area contributed by atoms with E-state index in [1.165, 1.54) is 18.3 Å². The van der Waals surface area contributed by atoms with E-state index in [1.54, 1.807) is 7.11 Å². The summed E-state index contributed by atoms with van der Waals surface area (Å²) in [6, 6.07) is 10.3. The molecule has 0 saturated heterocycles. The van der Waals surface area contributed by atoms with Crippen LogP contribution in [-0.2, 0) is 16.3 Å². The molecule has 1 aromatic carbocycles. The van der Waals surface area contributed by atoms with Crippen LogP contribution in [0.3, 0.4) is 0 Å². The topological polar surface area (TPSA) is 56.3 Å². The highest BCUT2D eigenvalue weighted by Gasteiger charge is 2.15. The lowest BCUT2D eigenvalue weighted by molar-refractivity contribution is 0.414. The van der Waals surface area contributed by atoms with E-state index in [4.69, 9.17) is 16.3 Å². The van der Waals surface area contributed by atoms with Crippen LogP contribution in [0.4, 0.5) is 0 Å². The molecular formula is C14H14ClNO3S. The van der Waals surface area contributed by atoms with E-state index in [1.807, 2.05) is 24.3 Å². The Kier molecular flexibility index (Phi) is 4.62. The van der Waals surface area contributed by atoms with Crippen LogP contribution in [-0.4, -0.2) is 26.3 Å². The Balaban J connectivity index is 2.06. The number of hydrogen-bond acceptors (Lipinski definition) is 4. The van der Waals surface area contributed by atoms with Crippen molar-refractivity contribution in [1.29, 1.82) is 0 Å². The molecule has 0 atom stereocenters. The third-order valence-corrected chi connectivity index (χ3v) is 4.68. The molecule has 20 heavy (non-hydrogen) atoms. The second kappa shape index (κ2) is 6.24. The molecule has 0 saturated carbocycles. The SMILES string of the molecule is COc1ccc(CCS(=O)(=O)c2ccc(Cl)cn2)cc1. The first-order chi connectivity index (χ1) is 9.51. The summed E-state index contributed by atoms with van der Waals surface area (Å²) in [4.78, 5) is 3.85. The zero-order valence-corrected chi connectivity index (χ0v) is 12.5. The van der Waals surface area contributed by atoms with Crippen LogP contribution in [0.2, 0.25) is 5.02 Å². The molecule has 0 N–H and O–H groups in total. The average Bonchev–Trinajstić information content (AvgIpc) is 2.46. The second-order valence-corrected chi connectivity index (χ2v) is 6.72. The Morgan fingerprint density at radius 2 is 1.85 bits per heavy atom. The average molecular weight is 312 g/mol. The molecule has 2 rings (SSSR count). The zero-order chi connectivity index (χ0) is 14.6. The predicted molar refractivity (Wildman–Crippen MR) is 78.0 cm³/mol. The van der Waals surface area contributed by atoms with Crippen molar-refractivity contribution in [3.63, 3.8) is 0 Å². The Labute approximate surface area is 123 Å². The van der Waals surface area contributed by atoms with Crippen molar-refractivity contribution in [3.05, 3.63) is 53.2 Å². The maximum atomic E-state index is 12.1. The quantitative estimate of drug-likeness (QED) is 0.852. The van der Waals surface area contributed by atoms with Gasteiger partial charge in [0.2, 0.25) is 0 Å². The van der Waals surface area contributed by atoms with Crippen molar-refractivity contribution in [3.8, 4) is 5.75 Å². The number of ether oxygens (including phenoxy) is 1. The normalized spacial score (nSPS) is 11.3. The number of aryl methyl sites for hydroxylation is 1. The molecule has 0 aliphatic carbocycles. The smallest absolute Gasteiger partial charge is 0.195 e. The van der Waals surface area contributed by atoms with Crippen LogP contribution < -0.4 is 4.74 Å². The molecule has 2 aromatic rings. The van der Waals surface area contributed by atoms with Gasteiger partial charge in [0.15, 0.2) is 14.9 Å². The predicted octanol–water partition coefficient (Wildman–Crippen LogP) is 2.76. The van der Waals surface area contributed by atoms with Crippen molar-refractivity contribution in [2.75, 3.05) is 12.9 Å². The number of sulfone groups is 1. The Morgan fingerprint density at radius 1 is 1.15 bits per heavy atom. The summed E-state index contributed by atoms with van der Waals surface area (Å²) >= 11 is 5.69. The first-order valence-electron chi connectivity index (χ1n) is 5.98. The molecule has 0 aliphatic heterocycles. The standard InChI is InChI=1S/C14H14ClNO3S/c1-19-13-5-2-11(3-6-13)8-9-20(17,18)14-7-4-12(15)10-16-14/h2-7,10H,8-9H2,1H3. The van der Waals surface area contributed by atoms with E-state index < -0.39 is 9.84 Å². The van der Waals surface area contributed by atoms with E-state index in [-0.39, 0.29) is 10.8 Å². The first kappa shape index (κ1) is 14.8. The van der Waals surface area contributed by atoms with Crippen LogP contribution in [0.15, 0.2) is 47.6 Å². The minimum Gasteiger partial charge on any atom is -0.497 e. The number of aromatic nitrogens is 1. The Bertz CT molecular complexity index is 667. The van der Waals surface area contributed by atoms with Gasteiger partial charge in [-0.2, -0.15) is 0 Å². The van der Waals surface area contributed by atoms with Gasteiger partial charge in [-0.1, -0.05) is 23.7 Å². The van der Waals surface area contributed by atoms with Gasteiger partial charge in [-0.3, -0.25) is 0 Å². The minimum atomic E-state index is -3.39. The van der Waals surface area contributed by atoms with Crippen molar-refractivity contribution in [2.45, 2.75) is 11.4 Å². The van der Waals surface area contributed by atoms with E-state index in [2.05, 4.69) is 4.98 Å². The van der Waals surface area contributed by atoms with Crippen LogP contribution in [0.1, 0.15) is 5.56 Å². The van der Waals surface area contributed by atoms with Crippen molar-refractivity contribution in [2.24, 2.45) is 0 Å². The second-order valence-electron chi connectivity index (χ2n) is 4.23. The van der Waals surface area contributed by atoms with Crippen molar-refractivity contribution >= 4 is 21.4 Å². The first-order valence-corrected chi connectivity index (χ1v) is 8.01. The fraction of sp³-hybridized carbons (Fsp3) is 0.214. The summed E-state index contributed by atoms with van der Waals surface area (Å²) in [5.74, 6) is 0.754. The molecule has 0 fully saturated rings.